The van der Waals surface area contributed by atoms with Gasteiger partial charge >= 0.3 is 27.2 Å². The Hall–Kier alpha value is -1.07. The molecule has 0 saturated carbocycles. The Bertz CT molecular complexity index is 540. The fourth-order valence-electron chi connectivity index (χ4n) is 1.34. The number of aromatic carboxylic acids is 1. The highest BCUT2D eigenvalue weighted by Crippen LogP contribution is 2.09. The molecule has 0 spiro atoms. The number of hydrogen-bond donors (Lipinski definition) is 1. The summed E-state index contributed by atoms with van der Waals surface area (Å²) in [7, 11) is 0. The predicted molar refractivity (Wildman–Crippen MR) is 62.2 cm³/mol. The van der Waals surface area contributed by atoms with E-state index in [0.29, 0.717) is 10.6 Å². The molecule has 0 amide bonds. The lowest BCUT2D eigenvalue weighted by atomic mass is 10.2. The fraction of sp³-hybridized carbons (Fsp3) is 0. The molecule has 17 heavy (non-hydrogen) atoms. The van der Waals surface area contributed by atoms with Gasteiger partial charge in [-0.25, -0.2) is 4.79 Å². The Kier molecular flexibility index (Phi) is 4.02. The maximum atomic E-state index is 11.1. The molecule has 86 valence electrons. The Balaban J connectivity index is 2.37. The van der Waals surface area contributed by atoms with Crippen molar-refractivity contribution >= 4 is 17.6 Å². The molecule has 0 aliphatic rings. The van der Waals surface area contributed by atoms with Crippen molar-refractivity contribution in [3.05, 3.63) is 66.3 Å². The van der Waals surface area contributed by atoms with Gasteiger partial charge in [0.2, 0.25) is 3.57 Å². The number of carboxylic acids is 1. The van der Waals surface area contributed by atoms with Crippen molar-refractivity contribution in [2.75, 3.05) is 0 Å². The molecular formula is C13H9ClIO2+. The third-order valence-electron chi connectivity index (χ3n) is 2.11. The zero-order valence-electron chi connectivity index (χ0n) is 8.73. The number of carbonyl (C=O) groups is 1. The first-order valence-electron chi connectivity index (χ1n) is 4.89. The summed E-state index contributed by atoms with van der Waals surface area (Å²) in [5, 5.41) is 9.69. The first-order valence-corrected chi connectivity index (χ1v) is 7.43. The van der Waals surface area contributed by atoms with Gasteiger partial charge in [0.1, 0.15) is 5.56 Å². The van der Waals surface area contributed by atoms with Gasteiger partial charge < -0.3 is 5.11 Å². The van der Waals surface area contributed by atoms with E-state index in [9.17, 15) is 4.79 Å². The minimum Gasteiger partial charge on any atom is -0.478 e. The van der Waals surface area contributed by atoms with Crippen LogP contribution in [-0.2, 0) is 0 Å². The van der Waals surface area contributed by atoms with Crippen molar-refractivity contribution in [3.63, 3.8) is 0 Å². The zero-order chi connectivity index (χ0) is 12.3. The quantitative estimate of drug-likeness (QED) is 0.793. The number of hydrogen-bond acceptors (Lipinski definition) is 1. The molecule has 0 unspecified atom stereocenters. The monoisotopic (exact) mass is 359 g/mol. The molecule has 2 aromatic rings. The molecule has 1 N–H and O–H groups in total. The van der Waals surface area contributed by atoms with Gasteiger partial charge in [-0.2, -0.15) is 0 Å². The van der Waals surface area contributed by atoms with Crippen LogP contribution in [-0.4, -0.2) is 11.1 Å². The van der Waals surface area contributed by atoms with Crippen molar-refractivity contribution in [3.8, 4) is 0 Å². The van der Waals surface area contributed by atoms with Crippen molar-refractivity contribution in [1.29, 1.82) is 0 Å². The summed E-state index contributed by atoms with van der Waals surface area (Å²) >= 11 is 5.40. The molecule has 0 atom stereocenters. The molecule has 0 radical (unpaired) electrons. The van der Waals surface area contributed by atoms with Crippen LogP contribution in [0.25, 0.3) is 0 Å². The lowest BCUT2D eigenvalue weighted by molar-refractivity contribution is -0.597. The summed E-state index contributed by atoms with van der Waals surface area (Å²) in [5.74, 6) is -0.896. The molecule has 2 nitrogen and oxygen atoms in total. The maximum Gasteiger partial charge on any atom is 0.358 e. The molecule has 0 bridgehead atoms. The molecule has 2 aromatic carbocycles. The molecular weight excluding hydrogens is 350 g/mol. The standard InChI is InChI=1S/C13H8ClIO2/c14-9-6-7-11(13(16)17)12(8-9)15-10-4-2-1-3-5-10/h1-8H/p+1. The number of benzene rings is 2. The first kappa shape index (κ1) is 12.4. The van der Waals surface area contributed by atoms with Gasteiger partial charge in [-0.3, -0.25) is 0 Å². The third-order valence-corrected chi connectivity index (χ3v) is 5.16. The molecule has 2 rings (SSSR count). The first-order chi connectivity index (χ1) is 8.16. The number of rotatable bonds is 3. The van der Waals surface area contributed by atoms with Crippen molar-refractivity contribution < 1.29 is 31.1 Å². The van der Waals surface area contributed by atoms with Gasteiger partial charge in [0.25, 0.3) is 0 Å². The second kappa shape index (κ2) is 5.51. The summed E-state index contributed by atoms with van der Waals surface area (Å²) in [6.07, 6.45) is 0. The highest BCUT2D eigenvalue weighted by atomic mass is 127. The van der Waals surface area contributed by atoms with Crippen molar-refractivity contribution in [2.45, 2.75) is 0 Å². The van der Waals surface area contributed by atoms with E-state index in [4.69, 9.17) is 16.7 Å². The van der Waals surface area contributed by atoms with Gasteiger partial charge in [-0.15, -0.1) is 0 Å². The Morgan fingerprint density at radius 3 is 2.47 bits per heavy atom. The van der Waals surface area contributed by atoms with E-state index in [1.165, 1.54) is 3.57 Å². The minimum absolute atomic E-state index is 0.353. The topological polar surface area (TPSA) is 37.3 Å². The summed E-state index contributed by atoms with van der Waals surface area (Å²) in [6, 6.07) is 14.8. The van der Waals surface area contributed by atoms with Crippen LogP contribution >= 0.6 is 11.6 Å². The van der Waals surface area contributed by atoms with E-state index >= 15 is 0 Å². The van der Waals surface area contributed by atoms with Crippen LogP contribution in [0.4, 0.5) is 0 Å². The number of carboxylic acid groups (broad SMARTS) is 1. The highest BCUT2D eigenvalue weighted by Gasteiger charge is 2.23. The molecule has 0 aliphatic carbocycles. The van der Waals surface area contributed by atoms with Crippen molar-refractivity contribution in [1.82, 2.24) is 0 Å². The average molecular weight is 360 g/mol. The summed E-state index contributed by atoms with van der Waals surface area (Å²) in [4.78, 5) is 11.1. The molecule has 0 heterocycles. The third kappa shape index (κ3) is 3.20. The second-order valence-electron chi connectivity index (χ2n) is 3.32. The van der Waals surface area contributed by atoms with Gasteiger partial charge in [0, 0.05) is 11.1 Å². The van der Waals surface area contributed by atoms with E-state index < -0.39 is 27.2 Å². The molecule has 0 saturated heterocycles. The van der Waals surface area contributed by atoms with E-state index in [1.807, 2.05) is 30.3 Å². The number of halogens is 2. The lowest BCUT2D eigenvalue weighted by Crippen LogP contribution is -3.61. The summed E-state index contributed by atoms with van der Waals surface area (Å²) in [6.45, 7) is 0. The van der Waals surface area contributed by atoms with Gasteiger partial charge in [0.15, 0.2) is 3.57 Å². The molecule has 0 aliphatic heterocycles. The van der Waals surface area contributed by atoms with E-state index in [0.717, 1.165) is 3.57 Å². The lowest BCUT2D eigenvalue weighted by Gasteiger charge is -1.95. The van der Waals surface area contributed by atoms with Crippen molar-refractivity contribution in [2.24, 2.45) is 0 Å². The largest absolute Gasteiger partial charge is 0.478 e. The minimum atomic E-state index is -0.896. The van der Waals surface area contributed by atoms with Gasteiger partial charge in [-0.05, 0) is 24.3 Å². The Morgan fingerprint density at radius 1 is 1.12 bits per heavy atom. The smallest absolute Gasteiger partial charge is 0.358 e. The van der Waals surface area contributed by atoms with Crippen LogP contribution in [0.15, 0.2) is 48.5 Å². The van der Waals surface area contributed by atoms with E-state index in [2.05, 4.69) is 0 Å². The molecule has 4 heteroatoms. The van der Waals surface area contributed by atoms with Crippen LogP contribution in [0.5, 0.6) is 0 Å². The van der Waals surface area contributed by atoms with Crippen LogP contribution in [0.3, 0.4) is 0 Å². The van der Waals surface area contributed by atoms with Crippen LogP contribution in [0.2, 0.25) is 5.02 Å². The second-order valence-corrected chi connectivity index (χ2v) is 6.70. The summed E-state index contributed by atoms with van der Waals surface area (Å²) in [5.41, 5.74) is 0.353. The average Bonchev–Trinajstić information content (AvgIpc) is 2.30. The van der Waals surface area contributed by atoms with Gasteiger partial charge in [0.05, 0.1) is 0 Å². The maximum absolute atomic E-state index is 11.1. The predicted octanol–water partition coefficient (Wildman–Crippen LogP) is 0.167. The fourth-order valence-corrected chi connectivity index (χ4v) is 4.33. The molecule has 0 fully saturated rings. The van der Waals surface area contributed by atoms with E-state index in [-0.39, 0.29) is 0 Å². The van der Waals surface area contributed by atoms with Crippen LogP contribution < -0.4 is 21.2 Å². The van der Waals surface area contributed by atoms with E-state index in [1.54, 1.807) is 18.2 Å². The Morgan fingerprint density at radius 2 is 1.82 bits per heavy atom. The van der Waals surface area contributed by atoms with Crippen LogP contribution in [0.1, 0.15) is 10.4 Å². The van der Waals surface area contributed by atoms with Gasteiger partial charge in [-0.1, -0.05) is 29.8 Å². The SMILES string of the molecule is O=C(O)c1ccc(Cl)cc1[I+]c1ccccc1. The molecule has 0 aromatic heterocycles. The zero-order valence-corrected chi connectivity index (χ0v) is 11.6. The normalized spacial score (nSPS) is 10.2. The Labute approximate surface area is 114 Å². The summed E-state index contributed by atoms with van der Waals surface area (Å²) < 4.78 is 2.02. The highest BCUT2D eigenvalue weighted by molar-refractivity contribution is 6.30. The van der Waals surface area contributed by atoms with Crippen LogP contribution in [0, 0.1) is 7.14 Å².